The van der Waals surface area contributed by atoms with Crippen LogP contribution in [0.1, 0.15) is 29.5 Å². The number of nitriles is 1. The third-order valence-electron chi connectivity index (χ3n) is 4.66. The Morgan fingerprint density at radius 3 is 1.44 bits per heavy atom. The van der Waals surface area contributed by atoms with Gasteiger partial charge < -0.3 is 0 Å². The van der Waals surface area contributed by atoms with Crippen LogP contribution in [-0.2, 0) is 5.41 Å². The first-order valence-electron chi connectivity index (χ1n) is 8.55. The van der Waals surface area contributed by atoms with E-state index in [2.05, 4.69) is 96.4 Å². The molecule has 124 valence electrons. The molecule has 0 unspecified atom stereocenters. The van der Waals surface area contributed by atoms with Gasteiger partial charge in [0.25, 0.3) is 0 Å². The zero-order valence-corrected chi connectivity index (χ0v) is 15.0. The van der Waals surface area contributed by atoms with E-state index in [0.717, 1.165) is 18.6 Å². The summed E-state index contributed by atoms with van der Waals surface area (Å²) < 4.78 is 0. The lowest BCUT2D eigenvalue weighted by atomic mass is 9.67. The van der Waals surface area contributed by atoms with Gasteiger partial charge in [0.15, 0.2) is 0 Å². The SMILES string of the molecule is N#CSCCCC(c1ccccc1)(c1ccccc1)c1ccccc1. The van der Waals surface area contributed by atoms with Gasteiger partial charge >= 0.3 is 0 Å². The van der Waals surface area contributed by atoms with E-state index in [1.54, 1.807) is 0 Å². The highest BCUT2D eigenvalue weighted by Crippen LogP contribution is 2.43. The Balaban J connectivity index is 2.15. The highest BCUT2D eigenvalue weighted by atomic mass is 32.2. The minimum Gasteiger partial charge on any atom is -0.185 e. The Morgan fingerprint density at radius 2 is 1.08 bits per heavy atom. The van der Waals surface area contributed by atoms with Crippen molar-refractivity contribution in [1.82, 2.24) is 0 Å². The first-order valence-corrected chi connectivity index (χ1v) is 9.54. The quantitative estimate of drug-likeness (QED) is 0.298. The van der Waals surface area contributed by atoms with Crippen LogP contribution in [-0.4, -0.2) is 5.75 Å². The van der Waals surface area contributed by atoms with Crippen LogP contribution in [0.5, 0.6) is 0 Å². The van der Waals surface area contributed by atoms with E-state index in [1.807, 2.05) is 0 Å². The molecule has 0 radical (unpaired) electrons. The second-order valence-electron chi connectivity index (χ2n) is 6.05. The maximum Gasteiger partial charge on any atom is 0.133 e. The molecule has 0 atom stereocenters. The highest BCUT2D eigenvalue weighted by Gasteiger charge is 2.35. The molecule has 1 nitrogen and oxygen atoms in total. The van der Waals surface area contributed by atoms with Crippen molar-refractivity contribution in [3.05, 3.63) is 108 Å². The number of nitrogens with zero attached hydrogens (tertiary/aromatic N) is 1. The predicted octanol–water partition coefficient (Wildman–Crippen LogP) is 6.02. The molecular formula is C23H21NS. The van der Waals surface area contributed by atoms with Gasteiger partial charge in [0.2, 0.25) is 0 Å². The fraction of sp³-hybridized carbons (Fsp3) is 0.174. The summed E-state index contributed by atoms with van der Waals surface area (Å²) in [4.78, 5) is 0. The van der Waals surface area contributed by atoms with E-state index in [4.69, 9.17) is 5.26 Å². The predicted molar refractivity (Wildman–Crippen MR) is 107 cm³/mol. The largest absolute Gasteiger partial charge is 0.185 e. The molecule has 0 N–H and O–H groups in total. The highest BCUT2D eigenvalue weighted by molar-refractivity contribution is 8.03. The molecule has 0 amide bonds. The van der Waals surface area contributed by atoms with Crippen LogP contribution in [0, 0.1) is 10.7 Å². The lowest BCUT2D eigenvalue weighted by Gasteiger charge is -2.36. The van der Waals surface area contributed by atoms with Crippen molar-refractivity contribution in [2.24, 2.45) is 0 Å². The van der Waals surface area contributed by atoms with Crippen molar-refractivity contribution in [1.29, 1.82) is 5.26 Å². The van der Waals surface area contributed by atoms with Crippen LogP contribution in [0.15, 0.2) is 91.0 Å². The zero-order valence-electron chi connectivity index (χ0n) is 14.1. The molecule has 0 aromatic heterocycles. The number of rotatable bonds is 7. The van der Waals surface area contributed by atoms with Crippen LogP contribution in [0.3, 0.4) is 0 Å². The van der Waals surface area contributed by atoms with Crippen LogP contribution >= 0.6 is 11.8 Å². The minimum atomic E-state index is -0.195. The molecule has 25 heavy (non-hydrogen) atoms. The molecule has 0 heterocycles. The van der Waals surface area contributed by atoms with Gasteiger partial charge in [0.05, 0.1) is 0 Å². The minimum absolute atomic E-state index is 0.195. The lowest BCUT2D eigenvalue weighted by Crippen LogP contribution is -2.29. The first kappa shape index (κ1) is 17.3. The first-order chi connectivity index (χ1) is 12.4. The number of thiocyanates is 1. The van der Waals surface area contributed by atoms with Gasteiger partial charge in [-0.3, -0.25) is 0 Å². The van der Waals surface area contributed by atoms with Crippen LogP contribution in [0.25, 0.3) is 0 Å². The Bertz CT molecular complexity index is 710. The molecule has 0 saturated heterocycles. The van der Waals surface area contributed by atoms with E-state index < -0.39 is 0 Å². The van der Waals surface area contributed by atoms with Crippen molar-refractivity contribution >= 4 is 11.8 Å². The van der Waals surface area contributed by atoms with Crippen molar-refractivity contribution in [3.8, 4) is 5.40 Å². The summed E-state index contributed by atoms with van der Waals surface area (Å²) in [7, 11) is 0. The van der Waals surface area contributed by atoms with Gasteiger partial charge in [-0.15, -0.1) is 0 Å². The normalized spacial score (nSPS) is 11.0. The Labute approximate surface area is 154 Å². The second-order valence-corrected chi connectivity index (χ2v) is 6.93. The summed E-state index contributed by atoms with van der Waals surface area (Å²) in [5.41, 5.74) is 3.71. The van der Waals surface area contributed by atoms with E-state index in [-0.39, 0.29) is 5.41 Å². The molecule has 0 spiro atoms. The standard InChI is InChI=1S/C23H21NS/c24-19-25-18-10-17-23(20-11-4-1-5-12-20,21-13-6-2-7-14-21)22-15-8-3-9-16-22/h1-9,11-16H,10,17-18H2. The van der Waals surface area contributed by atoms with E-state index in [9.17, 15) is 0 Å². The third-order valence-corrected chi connectivity index (χ3v) is 5.28. The monoisotopic (exact) mass is 343 g/mol. The molecule has 3 aromatic carbocycles. The van der Waals surface area contributed by atoms with Crippen molar-refractivity contribution in [2.45, 2.75) is 18.3 Å². The topological polar surface area (TPSA) is 23.8 Å². The fourth-order valence-electron chi connectivity index (χ4n) is 3.56. The molecule has 0 bridgehead atoms. The van der Waals surface area contributed by atoms with E-state index >= 15 is 0 Å². The van der Waals surface area contributed by atoms with Crippen LogP contribution in [0.2, 0.25) is 0 Å². The summed E-state index contributed by atoms with van der Waals surface area (Å²) in [6, 6.07) is 32.2. The Morgan fingerprint density at radius 1 is 0.680 bits per heavy atom. The number of benzene rings is 3. The van der Waals surface area contributed by atoms with Crippen LogP contribution < -0.4 is 0 Å². The molecule has 3 aromatic rings. The molecule has 0 saturated carbocycles. The zero-order chi connectivity index (χ0) is 17.4. The van der Waals surface area contributed by atoms with Gasteiger partial charge in [-0.2, -0.15) is 5.26 Å². The molecular weight excluding hydrogens is 322 g/mol. The number of hydrogen-bond acceptors (Lipinski definition) is 2. The van der Waals surface area contributed by atoms with Gasteiger partial charge in [-0.1, -0.05) is 91.0 Å². The summed E-state index contributed by atoms with van der Waals surface area (Å²) in [6.07, 6.45) is 1.95. The smallest absolute Gasteiger partial charge is 0.133 e. The van der Waals surface area contributed by atoms with E-state index in [1.165, 1.54) is 28.5 Å². The Kier molecular flexibility index (Phi) is 5.93. The molecule has 0 fully saturated rings. The van der Waals surface area contributed by atoms with E-state index in [0.29, 0.717) is 0 Å². The average Bonchev–Trinajstić information content (AvgIpc) is 2.70. The second kappa shape index (κ2) is 8.55. The van der Waals surface area contributed by atoms with Crippen molar-refractivity contribution in [3.63, 3.8) is 0 Å². The fourth-order valence-corrected chi connectivity index (χ4v) is 3.94. The number of thioether (sulfide) groups is 1. The lowest BCUT2D eigenvalue weighted by molar-refractivity contribution is 0.553. The van der Waals surface area contributed by atoms with Crippen molar-refractivity contribution in [2.75, 3.05) is 5.75 Å². The maximum atomic E-state index is 8.86. The molecule has 2 heteroatoms. The van der Waals surface area contributed by atoms with Crippen LogP contribution in [0.4, 0.5) is 0 Å². The maximum absolute atomic E-state index is 8.86. The van der Waals surface area contributed by atoms with Gasteiger partial charge in [0.1, 0.15) is 5.40 Å². The Hall–Kier alpha value is -2.50. The summed E-state index contributed by atoms with van der Waals surface area (Å²) in [5, 5.41) is 11.0. The molecule has 0 aliphatic heterocycles. The average molecular weight is 343 g/mol. The number of hydrogen-bond donors (Lipinski definition) is 0. The third kappa shape index (κ3) is 3.78. The summed E-state index contributed by atoms with van der Waals surface area (Å²) >= 11 is 1.34. The summed E-state index contributed by atoms with van der Waals surface area (Å²) in [5.74, 6) is 0.852. The molecule has 0 aliphatic rings. The van der Waals surface area contributed by atoms with Gasteiger partial charge in [-0.25, -0.2) is 0 Å². The molecule has 3 rings (SSSR count). The summed E-state index contributed by atoms with van der Waals surface area (Å²) in [6.45, 7) is 0. The van der Waals surface area contributed by atoms with Gasteiger partial charge in [-0.05, 0) is 41.3 Å². The van der Waals surface area contributed by atoms with Crippen molar-refractivity contribution < 1.29 is 0 Å². The molecule has 0 aliphatic carbocycles. The van der Waals surface area contributed by atoms with Gasteiger partial charge in [0, 0.05) is 11.2 Å².